The van der Waals surface area contributed by atoms with Crippen LogP contribution in [0.15, 0.2) is 48.5 Å². The number of carbonyl (C=O) groups is 2. The Morgan fingerprint density at radius 2 is 1.81 bits per heavy atom. The van der Waals surface area contributed by atoms with Gasteiger partial charge in [-0.15, -0.1) is 0 Å². The Morgan fingerprint density at radius 1 is 1.12 bits per heavy atom. The lowest BCUT2D eigenvalue weighted by Crippen LogP contribution is -2.36. The second-order valence-corrected chi connectivity index (χ2v) is 7.16. The first-order chi connectivity index (χ1) is 12.4. The summed E-state index contributed by atoms with van der Waals surface area (Å²) in [6.45, 7) is 6.54. The highest BCUT2D eigenvalue weighted by molar-refractivity contribution is 6.01. The number of aryl methyl sites for hydroxylation is 1. The molecule has 0 aromatic heterocycles. The highest BCUT2D eigenvalue weighted by Crippen LogP contribution is 2.31. The molecule has 2 atom stereocenters. The SMILES string of the molecule is Cc1cccc(N2CC(C(=O)N(C)C(C)c3ccccc3)CC2=O)c1C. The van der Waals surface area contributed by atoms with E-state index >= 15 is 0 Å². The third-order valence-electron chi connectivity index (χ3n) is 5.55. The van der Waals surface area contributed by atoms with Crippen LogP contribution >= 0.6 is 0 Å². The molecule has 0 bridgehead atoms. The molecule has 2 aromatic rings. The summed E-state index contributed by atoms with van der Waals surface area (Å²) in [4.78, 5) is 29.1. The summed E-state index contributed by atoms with van der Waals surface area (Å²) in [5.41, 5.74) is 4.27. The van der Waals surface area contributed by atoms with Crippen LogP contribution in [0.4, 0.5) is 5.69 Å². The number of amides is 2. The van der Waals surface area contributed by atoms with E-state index in [-0.39, 0.29) is 30.2 Å². The van der Waals surface area contributed by atoms with Gasteiger partial charge in [-0.1, -0.05) is 42.5 Å². The zero-order valence-corrected chi connectivity index (χ0v) is 15.9. The van der Waals surface area contributed by atoms with E-state index in [0.29, 0.717) is 6.54 Å². The van der Waals surface area contributed by atoms with Gasteiger partial charge in [-0.05, 0) is 43.5 Å². The van der Waals surface area contributed by atoms with Crippen molar-refractivity contribution in [1.82, 2.24) is 4.90 Å². The van der Waals surface area contributed by atoms with Gasteiger partial charge in [0.05, 0.1) is 12.0 Å². The molecule has 136 valence electrons. The number of hydrogen-bond donors (Lipinski definition) is 0. The highest BCUT2D eigenvalue weighted by atomic mass is 16.2. The predicted molar refractivity (Wildman–Crippen MR) is 104 cm³/mol. The largest absolute Gasteiger partial charge is 0.339 e. The second kappa shape index (κ2) is 7.32. The highest BCUT2D eigenvalue weighted by Gasteiger charge is 2.38. The summed E-state index contributed by atoms with van der Waals surface area (Å²) in [7, 11) is 1.82. The van der Waals surface area contributed by atoms with Crippen LogP contribution in [0, 0.1) is 19.8 Å². The Morgan fingerprint density at radius 3 is 2.50 bits per heavy atom. The number of nitrogens with zero attached hydrogens (tertiary/aromatic N) is 2. The second-order valence-electron chi connectivity index (χ2n) is 7.16. The lowest BCUT2D eigenvalue weighted by Gasteiger charge is -2.28. The molecular weight excluding hydrogens is 324 g/mol. The van der Waals surface area contributed by atoms with Crippen molar-refractivity contribution < 1.29 is 9.59 Å². The minimum absolute atomic E-state index is 0.0199. The van der Waals surface area contributed by atoms with E-state index in [1.54, 1.807) is 9.80 Å². The van der Waals surface area contributed by atoms with E-state index in [2.05, 4.69) is 0 Å². The number of hydrogen-bond acceptors (Lipinski definition) is 2. The average molecular weight is 350 g/mol. The maximum absolute atomic E-state index is 13.0. The maximum atomic E-state index is 13.0. The molecule has 0 radical (unpaired) electrons. The lowest BCUT2D eigenvalue weighted by atomic mass is 10.0. The van der Waals surface area contributed by atoms with Crippen molar-refractivity contribution in [2.45, 2.75) is 33.2 Å². The Bertz CT molecular complexity index is 816. The Labute approximate surface area is 155 Å². The summed E-state index contributed by atoms with van der Waals surface area (Å²) in [6, 6.07) is 15.9. The number of anilines is 1. The first-order valence-electron chi connectivity index (χ1n) is 9.08. The van der Waals surface area contributed by atoms with Crippen molar-refractivity contribution in [3.8, 4) is 0 Å². The van der Waals surface area contributed by atoms with Gasteiger partial charge in [-0.2, -0.15) is 0 Å². The molecule has 1 saturated heterocycles. The van der Waals surface area contributed by atoms with Crippen molar-refractivity contribution in [2.75, 3.05) is 18.5 Å². The molecule has 1 aliphatic heterocycles. The van der Waals surface area contributed by atoms with E-state index in [0.717, 1.165) is 22.4 Å². The van der Waals surface area contributed by atoms with Crippen LogP contribution in [0.2, 0.25) is 0 Å². The van der Waals surface area contributed by atoms with Crippen LogP contribution in [0.5, 0.6) is 0 Å². The van der Waals surface area contributed by atoms with Gasteiger partial charge in [0, 0.05) is 25.7 Å². The fourth-order valence-corrected chi connectivity index (χ4v) is 3.57. The van der Waals surface area contributed by atoms with Crippen molar-refractivity contribution in [1.29, 1.82) is 0 Å². The molecule has 0 N–H and O–H groups in total. The van der Waals surface area contributed by atoms with Crippen LogP contribution in [0.25, 0.3) is 0 Å². The molecular formula is C22H26N2O2. The first kappa shape index (κ1) is 18.2. The summed E-state index contributed by atoms with van der Waals surface area (Å²) >= 11 is 0. The van der Waals surface area contributed by atoms with Crippen molar-refractivity contribution in [3.63, 3.8) is 0 Å². The van der Waals surface area contributed by atoms with Crippen LogP contribution in [-0.2, 0) is 9.59 Å². The van der Waals surface area contributed by atoms with E-state index in [1.165, 1.54) is 0 Å². The molecule has 1 heterocycles. The van der Waals surface area contributed by atoms with Gasteiger partial charge in [0.15, 0.2) is 0 Å². The zero-order chi connectivity index (χ0) is 18.8. The van der Waals surface area contributed by atoms with Crippen LogP contribution in [-0.4, -0.2) is 30.3 Å². The van der Waals surface area contributed by atoms with Crippen LogP contribution in [0.1, 0.15) is 36.1 Å². The van der Waals surface area contributed by atoms with Crippen LogP contribution in [0.3, 0.4) is 0 Å². The summed E-state index contributed by atoms with van der Waals surface area (Å²) in [6.07, 6.45) is 0.276. The molecule has 1 fully saturated rings. The maximum Gasteiger partial charge on any atom is 0.228 e. The normalized spacial score (nSPS) is 18.1. The molecule has 0 spiro atoms. The van der Waals surface area contributed by atoms with Gasteiger partial charge in [-0.25, -0.2) is 0 Å². The Hall–Kier alpha value is -2.62. The summed E-state index contributed by atoms with van der Waals surface area (Å²) < 4.78 is 0. The Balaban J connectivity index is 1.75. The number of carbonyl (C=O) groups excluding carboxylic acids is 2. The number of rotatable bonds is 4. The van der Waals surface area contributed by atoms with E-state index < -0.39 is 0 Å². The van der Waals surface area contributed by atoms with Gasteiger partial charge in [0.2, 0.25) is 11.8 Å². The van der Waals surface area contributed by atoms with Gasteiger partial charge in [0.1, 0.15) is 0 Å². The smallest absolute Gasteiger partial charge is 0.228 e. The summed E-state index contributed by atoms with van der Waals surface area (Å²) in [5, 5.41) is 0. The van der Waals surface area contributed by atoms with Gasteiger partial charge in [0.25, 0.3) is 0 Å². The topological polar surface area (TPSA) is 40.6 Å². The molecule has 1 aliphatic rings. The lowest BCUT2D eigenvalue weighted by molar-refractivity contribution is -0.136. The molecule has 26 heavy (non-hydrogen) atoms. The minimum atomic E-state index is -0.293. The molecule has 2 unspecified atom stereocenters. The minimum Gasteiger partial charge on any atom is -0.339 e. The van der Waals surface area contributed by atoms with Crippen LogP contribution < -0.4 is 4.90 Å². The predicted octanol–water partition coefficient (Wildman–Crippen LogP) is 3.88. The van der Waals surface area contributed by atoms with E-state index in [4.69, 9.17) is 0 Å². The monoisotopic (exact) mass is 350 g/mol. The third-order valence-corrected chi connectivity index (χ3v) is 5.55. The van der Waals surface area contributed by atoms with Crippen molar-refractivity contribution in [3.05, 3.63) is 65.2 Å². The van der Waals surface area contributed by atoms with E-state index in [1.807, 2.05) is 76.3 Å². The summed E-state index contributed by atoms with van der Waals surface area (Å²) in [5.74, 6) is -0.237. The fourth-order valence-electron chi connectivity index (χ4n) is 3.57. The fraction of sp³-hybridized carbons (Fsp3) is 0.364. The molecule has 3 rings (SSSR count). The van der Waals surface area contributed by atoms with Crippen molar-refractivity contribution in [2.24, 2.45) is 5.92 Å². The van der Waals surface area contributed by atoms with Gasteiger partial charge < -0.3 is 9.80 Å². The zero-order valence-electron chi connectivity index (χ0n) is 15.9. The molecule has 2 amide bonds. The van der Waals surface area contributed by atoms with Gasteiger partial charge >= 0.3 is 0 Å². The molecule has 0 aliphatic carbocycles. The molecule has 2 aromatic carbocycles. The first-order valence-corrected chi connectivity index (χ1v) is 9.08. The standard InChI is InChI=1S/C22H26N2O2/c1-15-9-8-12-20(16(15)2)24-14-19(13-21(24)25)22(26)23(4)17(3)18-10-6-5-7-11-18/h5-12,17,19H,13-14H2,1-4H3. The molecule has 0 saturated carbocycles. The van der Waals surface area contributed by atoms with Crippen molar-refractivity contribution >= 4 is 17.5 Å². The third kappa shape index (κ3) is 3.36. The number of benzene rings is 2. The average Bonchev–Trinajstić information content (AvgIpc) is 3.04. The Kier molecular flexibility index (Phi) is 5.12. The quantitative estimate of drug-likeness (QED) is 0.840. The molecule has 4 nitrogen and oxygen atoms in total. The van der Waals surface area contributed by atoms with Gasteiger partial charge in [-0.3, -0.25) is 9.59 Å². The van der Waals surface area contributed by atoms with E-state index in [9.17, 15) is 9.59 Å². The molecule has 4 heteroatoms.